The van der Waals surface area contributed by atoms with Gasteiger partial charge in [-0.25, -0.2) is 4.98 Å². The molecule has 4 heteroatoms. The van der Waals surface area contributed by atoms with E-state index in [2.05, 4.69) is 10.6 Å². The number of hydrogen-bond acceptors (Lipinski definition) is 2. The van der Waals surface area contributed by atoms with Gasteiger partial charge in [-0.1, -0.05) is 60.1 Å². The molecule has 3 aromatic carbocycles. The van der Waals surface area contributed by atoms with Crippen LogP contribution in [0.1, 0.15) is 11.1 Å². The van der Waals surface area contributed by atoms with Crippen molar-refractivity contribution in [2.45, 2.75) is 6.54 Å². The van der Waals surface area contributed by atoms with Crippen LogP contribution < -0.4 is 0 Å². The Labute approximate surface area is 150 Å². The van der Waals surface area contributed by atoms with E-state index in [1.807, 2.05) is 72.8 Å². The molecule has 3 nitrogen and oxygen atoms in total. The molecule has 0 atom stereocenters. The lowest BCUT2D eigenvalue weighted by Gasteiger charge is -2.11. The van der Waals surface area contributed by atoms with E-state index in [1.54, 1.807) is 0 Å². The molecule has 0 aliphatic heterocycles. The maximum Gasteiger partial charge on any atom is 0.141 e. The highest BCUT2D eigenvalue weighted by Crippen LogP contribution is 2.28. The molecule has 0 unspecified atom stereocenters. The third-order valence-electron chi connectivity index (χ3n) is 4.21. The molecule has 0 saturated carbocycles. The van der Waals surface area contributed by atoms with Crippen molar-refractivity contribution < 1.29 is 0 Å². The zero-order chi connectivity index (χ0) is 17.2. The molecule has 4 aromatic rings. The van der Waals surface area contributed by atoms with E-state index in [0.29, 0.717) is 17.1 Å². The first-order valence-corrected chi connectivity index (χ1v) is 8.33. The van der Waals surface area contributed by atoms with Gasteiger partial charge in [0.25, 0.3) is 0 Å². The van der Waals surface area contributed by atoms with E-state index in [4.69, 9.17) is 16.6 Å². The van der Waals surface area contributed by atoms with Crippen molar-refractivity contribution in [1.82, 2.24) is 9.55 Å². The summed E-state index contributed by atoms with van der Waals surface area (Å²) >= 11 is 6.14. The number of benzene rings is 3. The Morgan fingerprint density at radius 3 is 2.52 bits per heavy atom. The number of imidazole rings is 1. The van der Waals surface area contributed by atoms with E-state index in [-0.39, 0.29) is 0 Å². The molecule has 0 saturated heterocycles. The number of nitrogens with zero attached hydrogens (tertiary/aromatic N) is 3. The normalized spacial score (nSPS) is 10.7. The summed E-state index contributed by atoms with van der Waals surface area (Å²) in [6.45, 7) is 0.575. The van der Waals surface area contributed by atoms with Gasteiger partial charge in [-0.05, 0) is 29.8 Å². The van der Waals surface area contributed by atoms with Crippen molar-refractivity contribution in [2.75, 3.05) is 0 Å². The largest absolute Gasteiger partial charge is 0.319 e. The van der Waals surface area contributed by atoms with Crippen LogP contribution in [-0.2, 0) is 6.54 Å². The average molecular weight is 344 g/mol. The van der Waals surface area contributed by atoms with Crippen LogP contribution in [0.15, 0.2) is 72.8 Å². The average Bonchev–Trinajstić information content (AvgIpc) is 3.00. The molecule has 1 aromatic heterocycles. The highest BCUT2D eigenvalue weighted by atomic mass is 35.5. The maximum absolute atomic E-state index is 9.39. The molecular formula is C21H14ClN3. The fourth-order valence-electron chi connectivity index (χ4n) is 3.01. The summed E-state index contributed by atoms with van der Waals surface area (Å²) in [5.41, 5.74) is 4.52. The van der Waals surface area contributed by atoms with Crippen LogP contribution in [0.5, 0.6) is 0 Å². The Hall–Kier alpha value is -3.09. The fraction of sp³-hybridized carbons (Fsp3) is 0.0476. The van der Waals surface area contributed by atoms with Crippen molar-refractivity contribution in [1.29, 1.82) is 5.26 Å². The van der Waals surface area contributed by atoms with E-state index in [0.717, 1.165) is 28.0 Å². The molecule has 0 fully saturated rings. The van der Waals surface area contributed by atoms with Gasteiger partial charge in [-0.2, -0.15) is 5.26 Å². The zero-order valence-corrected chi connectivity index (χ0v) is 14.1. The highest BCUT2D eigenvalue weighted by molar-refractivity contribution is 6.31. The monoisotopic (exact) mass is 343 g/mol. The summed E-state index contributed by atoms with van der Waals surface area (Å²) in [6, 6.07) is 25.7. The van der Waals surface area contributed by atoms with Crippen LogP contribution in [0.2, 0.25) is 5.02 Å². The second-order valence-corrected chi connectivity index (χ2v) is 6.23. The number of fused-ring (bicyclic) bond motifs is 1. The number of rotatable bonds is 3. The summed E-state index contributed by atoms with van der Waals surface area (Å²) in [5.74, 6) is 0.866. The zero-order valence-electron chi connectivity index (χ0n) is 13.4. The summed E-state index contributed by atoms with van der Waals surface area (Å²) in [5, 5.41) is 10.1. The Balaban J connectivity index is 1.93. The first-order valence-electron chi connectivity index (χ1n) is 7.95. The van der Waals surface area contributed by atoms with Crippen molar-refractivity contribution in [3.8, 4) is 17.5 Å². The Bertz CT molecular complexity index is 1090. The van der Waals surface area contributed by atoms with Crippen LogP contribution in [-0.4, -0.2) is 9.55 Å². The van der Waals surface area contributed by atoms with Crippen molar-refractivity contribution in [3.63, 3.8) is 0 Å². The van der Waals surface area contributed by atoms with E-state index in [1.165, 1.54) is 0 Å². The molecule has 0 spiro atoms. The smallest absolute Gasteiger partial charge is 0.141 e. The minimum atomic E-state index is 0.575. The number of hydrogen-bond donors (Lipinski definition) is 0. The lowest BCUT2D eigenvalue weighted by Crippen LogP contribution is -2.04. The number of nitriles is 1. The Morgan fingerprint density at radius 1 is 0.960 bits per heavy atom. The Morgan fingerprint density at radius 2 is 1.72 bits per heavy atom. The molecule has 0 aliphatic carbocycles. The lowest BCUT2D eigenvalue weighted by molar-refractivity contribution is 0.832. The Kier molecular flexibility index (Phi) is 3.97. The molecule has 0 N–H and O–H groups in total. The molecule has 0 amide bonds. The molecule has 25 heavy (non-hydrogen) atoms. The third kappa shape index (κ3) is 2.88. The minimum absolute atomic E-state index is 0.575. The highest BCUT2D eigenvalue weighted by Gasteiger charge is 2.14. The quantitative estimate of drug-likeness (QED) is 0.508. The molecule has 0 aliphatic rings. The van der Waals surface area contributed by atoms with Crippen LogP contribution in [0, 0.1) is 11.3 Å². The first kappa shape index (κ1) is 15.4. The standard InChI is InChI=1S/C21H14ClN3/c22-18-10-11-20-19(12-18)24-21(15-6-2-1-3-7-15)25(20)14-17-9-5-4-8-16(17)13-23/h1-12H,14H2. The second-order valence-electron chi connectivity index (χ2n) is 5.79. The predicted molar refractivity (Wildman–Crippen MR) is 100 cm³/mol. The maximum atomic E-state index is 9.39. The lowest BCUT2D eigenvalue weighted by atomic mass is 10.1. The van der Waals surface area contributed by atoms with Gasteiger partial charge >= 0.3 is 0 Å². The van der Waals surface area contributed by atoms with Gasteiger partial charge < -0.3 is 4.57 Å². The van der Waals surface area contributed by atoms with Gasteiger partial charge in [-0.15, -0.1) is 0 Å². The van der Waals surface area contributed by atoms with Crippen LogP contribution in [0.3, 0.4) is 0 Å². The summed E-state index contributed by atoms with van der Waals surface area (Å²) in [4.78, 5) is 4.79. The molecule has 1 heterocycles. The van der Waals surface area contributed by atoms with Gasteiger partial charge in [0.2, 0.25) is 0 Å². The first-order chi connectivity index (χ1) is 12.3. The second kappa shape index (κ2) is 6.43. The third-order valence-corrected chi connectivity index (χ3v) is 4.44. The molecule has 0 radical (unpaired) electrons. The molecule has 120 valence electrons. The van der Waals surface area contributed by atoms with Gasteiger partial charge in [0, 0.05) is 10.6 Å². The van der Waals surface area contributed by atoms with Crippen molar-refractivity contribution >= 4 is 22.6 Å². The van der Waals surface area contributed by atoms with Crippen LogP contribution in [0.25, 0.3) is 22.4 Å². The fourth-order valence-corrected chi connectivity index (χ4v) is 3.17. The van der Waals surface area contributed by atoms with Crippen LogP contribution in [0.4, 0.5) is 0 Å². The summed E-state index contributed by atoms with van der Waals surface area (Å²) < 4.78 is 2.14. The van der Waals surface area contributed by atoms with Crippen molar-refractivity contribution in [3.05, 3.63) is 88.9 Å². The van der Waals surface area contributed by atoms with Crippen LogP contribution >= 0.6 is 11.6 Å². The number of aromatic nitrogens is 2. The molecule has 0 bridgehead atoms. The van der Waals surface area contributed by atoms with Gasteiger partial charge in [0.15, 0.2) is 0 Å². The van der Waals surface area contributed by atoms with E-state index < -0.39 is 0 Å². The van der Waals surface area contributed by atoms with Gasteiger partial charge in [0.1, 0.15) is 5.82 Å². The topological polar surface area (TPSA) is 41.6 Å². The SMILES string of the molecule is N#Cc1ccccc1Cn1c(-c2ccccc2)nc2cc(Cl)ccc21. The summed E-state index contributed by atoms with van der Waals surface area (Å²) in [7, 11) is 0. The van der Waals surface area contributed by atoms with E-state index >= 15 is 0 Å². The summed E-state index contributed by atoms with van der Waals surface area (Å²) in [6.07, 6.45) is 0. The molecular weight excluding hydrogens is 330 g/mol. The number of halogens is 1. The van der Waals surface area contributed by atoms with Gasteiger partial charge in [-0.3, -0.25) is 0 Å². The molecule has 4 rings (SSSR count). The van der Waals surface area contributed by atoms with Crippen molar-refractivity contribution in [2.24, 2.45) is 0 Å². The minimum Gasteiger partial charge on any atom is -0.319 e. The van der Waals surface area contributed by atoms with Gasteiger partial charge in [0.05, 0.1) is 29.2 Å². The van der Waals surface area contributed by atoms with E-state index in [9.17, 15) is 5.26 Å². The predicted octanol–water partition coefficient (Wildman–Crippen LogP) is 5.28.